The normalized spacial score (nSPS) is 10.8. The number of carbonyl (C=O) groups is 2. The molecule has 1 heterocycles. The molecule has 2 amide bonds. The van der Waals surface area contributed by atoms with E-state index in [0.29, 0.717) is 12.2 Å². The first kappa shape index (κ1) is 13.9. The Hall–Kier alpha value is -2.18. The van der Waals surface area contributed by atoms with Gasteiger partial charge in [0.1, 0.15) is 12.1 Å². The van der Waals surface area contributed by atoms with Crippen LogP contribution in [0.1, 0.15) is 26.7 Å². The van der Waals surface area contributed by atoms with Crippen LogP contribution in [0.3, 0.4) is 0 Å². The number of nitrogens with one attached hydrogen (secondary N) is 2. The van der Waals surface area contributed by atoms with Gasteiger partial charge in [-0.05, 0) is 26.3 Å². The van der Waals surface area contributed by atoms with E-state index < -0.39 is 17.5 Å². The first-order chi connectivity index (χ1) is 8.39. The van der Waals surface area contributed by atoms with E-state index in [2.05, 4.69) is 20.6 Å². The number of aromatic nitrogens is 2. The highest BCUT2D eigenvalue weighted by Gasteiger charge is 2.21. The molecule has 0 aliphatic rings. The minimum atomic E-state index is -0.888. The third-order valence-corrected chi connectivity index (χ3v) is 2.24. The molecule has 0 spiro atoms. The molecule has 0 bridgehead atoms. The summed E-state index contributed by atoms with van der Waals surface area (Å²) in [6.45, 7) is 3.52. The lowest BCUT2D eigenvalue weighted by molar-refractivity contribution is -0.137. The van der Waals surface area contributed by atoms with E-state index in [9.17, 15) is 9.59 Å². The molecule has 0 radical (unpaired) electrons. The molecule has 1 aromatic rings. The molecular weight excluding hydrogens is 236 g/mol. The lowest BCUT2D eigenvalue weighted by atomic mass is 9.99. The summed E-state index contributed by atoms with van der Waals surface area (Å²) in [5.74, 6) is -0.502. The van der Waals surface area contributed by atoms with Crippen LogP contribution in [-0.2, 0) is 4.79 Å². The summed E-state index contributed by atoms with van der Waals surface area (Å²) in [4.78, 5) is 29.7. The topological polar surface area (TPSA) is 104 Å². The monoisotopic (exact) mass is 252 g/mol. The van der Waals surface area contributed by atoms with Gasteiger partial charge in [-0.1, -0.05) is 0 Å². The van der Waals surface area contributed by atoms with Crippen LogP contribution in [-0.4, -0.2) is 32.6 Å². The smallest absolute Gasteiger partial charge is 0.320 e. The van der Waals surface area contributed by atoms with Crippen LogP contribution in [0.15, 0.2) is 18.6 Å². The second-order valence-corrected chi connectivity index (χ2v) is 4.45. The lowest BCUT2D eigenvalue weighted by Gasteiger charge is -2.25. The molecule has 18 heavy (non-hydrogen) atoms. The summed E-state index contributed by atoms with van der Waals surface area (Å²) in [5.41, 5.74) is -0.602. The van der Waals surface area contributed by atoms with Crippen molar-refractivity contribution in [1.82, 2.24) is 15.3 Å². The molecule has 1 rings (SSSR count). The van der Waals surface area contributed by atoms with Gasteiger partial charge in [-0.2, -0.15) is 0 Å². The quantitative estimate of drug-likeness (QED) is 0.731. The number of hydrogen-bond acceptors (Lipinski definition) is 4. The van der Waals surface area contributed by atoms with Crippen LogP contribution < -0.4 is 10.6 Å². The Morgan fingerprint density at radius 2 is 2.17 bits per heavy atom. The number of carbonyl (C=O) groups excluding carboxylic acids is 1. The van der Waals surface area contributed by atoms with Crippen LogP contribution in [0, 0.1) is 0 Å². The van der Waals surface area contributed by atoms with Crippen LogP contribution >= 0.6 is 0 Å². The lowest BCUT2D eigenvalue weighted by Crippen LogP contribution is -2.45. The molecular formula is C11H16N4O3. The minimum Gasteiger partial charge on any atom is -0.481 e. The zero-order valence-corrected chi connectivity index (χ0v) is 10.3. The third kappa shape index (κ3) is 5.24. The van der Waals surface area contributed by atoms with Gasteiger partial charge in [0.15, 0.2) is 0 Å². The Morgan fingerprint density at radius 3 is 2.72 bits per heavy atom. The second-order valence-electron chi connectivity index (χ2n) is 4.45. The number of carboxylic acid groups (broad SMARTS) is 1. The first-order valence-electron chi connectivity index (χ1n) is 5.46. The summed E-state index contributed by atoms with van der Waals surface area (Å²) in [6.07, 6.45) is 3.18. The molecule has 0 saturated carbocycles. The van der Waals surface area contributed by atoms with Gasteiger partial charge in [0.2, 0.25) is 0 Å². The highest BCUT2D eigenvalue weighted by molar-refractivity contribution is 5.88. The molecule has 0 aliphatic heterocycles. The standard InChI is InChI=1S/C11H16N4O3/c1-11(2,5-3-9(16)17)15-10(18)14-8-4-6-12-7-13-8/h4,6-7H,3,5H2,1-2H3,(H,16,17)(H2,12,13,14,15,18). The van der Waals surface area contributed by atoms with Crippen LogP contribution in [0.4, 0.5) is 10.6 Å². The Kier molecular flexibility index (Phi) is 4.59. The molecule has 98 valence electrons. The van der Waals surface area contributed by atoms with Gasteiger partial charge in [-0.3, -0.25) is 10.1 Å². The number of carboxylic acids is 1. The molecule has 3 N–H and O–H groups in total. The number of urea groups is 1. The minimum absolute atomic E-state index is 0.000781. The number of anilines is 1. The average Bonchev–Trinajstić information content (AvgIpc) is 2.27. The Bertz CT molecular complexity index is 420. The molecule has 0 atom stereocenters. The summed E-state index contributed by atoms with van der Waals surface area (Å²) >= 11 is 0. The average molecular weight is 252 g/mol. The van der Waals surface area contributed by atoms with Crippen molar-refractivity contribution < 1.29 is 14.7 Å². The summed E-state index contributed by atoms with van der Waals surface area (Å²) < 4.78 is 0. The van der Waals surface area contributed by atoms with E-state index in [0.717, 1.165) is 0 Å². The van der Waals surface area contributed by atoms with Crippen molar-refractivity contribution in [1.29, 1.82) is 0 Å². The van der Waals surface area contributed by atoms with E-state index in [1.807, 2.05) is 0 Å². The molecule has 1 aromatic heterocycles. The van der Waals surface area contributed by atoms with E-state index in [-0.39, 0.29) is 6.42 Å². The van der Waals surface area contributed by atoms with Crippen molar-refractivity contribution in [2.24, 2.45) is 0 Å². The maximum absolute atomic E-state index is 11.6. The zero-order chi connectivity index (χ0) is 13.6. The Morgan fingerprint density at radius 1 is 1.44 bits per heavy atom. The van der Waals surface area contributed by atoms with E-state index in [4.69, 9.17) is 5.11 Å². The van der Waals surface area contributed by atoms with Crippen LogP contribution in [0.25, 0.3) is 0 Å². The summed E-state index contributed by atoms with van der Waals surface area (Å²) in [6, 6.07) is 1.13. The van der Waals surface area contributed by atoms with Crippen LogP contribution in [0.2, 0.25) is 0 Å². The molecule has 0 fully saturated rings. The Balaban J connectivity index is 2.46. The predicted molar refractivity (Wildman–Crippen MR) is 65.1 cm³/mol. The molecule has 0 aliphatic carbocycles. The second kappa shape index (κ2) is 5.95. The number of rotatable bonds is 5. The van der Waals surface area contributed by atoms with Gasteiger partial charge in [0.05, 0.1) is 0 Å². The van der Waals surface area contributed by atoms with E-state index >= 15 is 0 Å². The maximum atomic E-state index is 11.6. The number of aliphatic carboxylic acids is 1. The van der Waals surface area contributed by atoms with Crippen molar-refractivity contribution in [3.8, 4) is 0 Å². The fourth-order valence-electron chi connectivity index (χ4n) is 1.30. The fraction of sp³-hybridized carbons (Fsp3) is 0.455. The predicted octanol–water partition coefficient (Wildman–Crippen LogP) is 1.24. The molecule has 0 aromatic carbocycles. The van der Waals surface area contributed by atoms with Crippen molar-refractivity contribution in [2.45, 2.75) is 32.2 Å². The highest BCUT2D eigenvalue weighted by atomic mass is 16.4. The molecule has 7 heteroatoms. The Labute approximate surface area is 105 Å². The highest BCUT2D eigenvalue weighted by Crippen LogP contribution is 2.11. The van der Waals surface area contributed by atoms with Crippen molar-refractivity contribution in [3.05, 3.63) is 18.6 Å². The van der Waals surface area contributed by atoms with E-state index in [1.54, 1.807) is 19.9 Å². The summed E-state index contributed by atoms with van der Waals surface area (Å²) in [5, 5.41) is 13.8. The van der Waals surface area contributed by atoms with Gasteiger partial charge in [-0.15, -0.1) is 0 Å². The number of amides is 2. The number of hydrogen-bond donors (Lipinski definition) is 3. The SMILES string of the molecule is CC(C)(CCC(=O)O)NC(=O)Nc1ccncn1. The van der Waals surface area contributed by atoms with Gasteiger partial charge in [0, 0.05) is 18.2 Å². The molecule has 0 saturated heterocycles. The van der Waals surface area contributed by atoms with Crippen LogP contribution in [0.5, 0.6) is 0 Å². The van der Waals surface area contributed by atoms with Gasteiger partial charge >= 0.3 is 12.0 Å². The van der Waals surface area contributed by atoms with Crippen molar-refractivity contribution >= 4 is 17.8 Å². The van der Waals surface area contributed by atoms with Gasteiger partial charge < -0.3 is 10.4 Å². The van der Waals surface area contributed by atoms with Gasteiger partial charge in [0.25, 0.3) is 0 Å². The van der Waals surface area contributed by atoms with Crippen molar-refractivity contribution in [3.63, 3.8) is 0 Å². The third-order valence-electron chi connectivity index (χ3n) is 2.24. The van der Waals surface area contributed by atoms with Gasteiger partial charge in [-0.25, -0.2) is 14.8 Å². The fourth-order valence-corrected chi connectivity index (χ4v) is 1.30. The largest absolute Gasteiger partial charge is 0.481 e. The maximum Gasteiger partial charge on any atom is 0.320 e. The first-order valence-corrected chi connectivity index (χ1v) is 5.46. The molecule has 7 nitrogen and oxygen atoms in total. The zero-order valence-electron chi connectivity index (χ0n) is 10.3. The van der Waals surface area contributed by atoms with Crippen molar-refractivity contribution in [2.75, 3.05) is 5.32 Å². The molecule has 0 unspecified atom stereocenters. The summed E-state index contributed by atoms with van der Waals surface area (Å²) in [7, 11) is 0. The number of nitrogens with zero attached hydrogens (tertiary/aromatic N) is 2. The van der Waals surface area contributed by atoms with E-state index in [1.165, 1.54) is 12.5 Å².